The molecular weight excluding hydrogens is 230 g/mol. The predicted molar refractivity (Wildman–Crippen MR) is 75.8 cm³/mol. The molecule has 0 aliphatic heterocycles. The SMILES string of the molecule is Cc1[nH]c(CS)nc1-c1ccc(N(C)C)cc1. The number of rotatable bonds is 3. The van der Waals surface area contributed by atoms with Crippen molar-refractivity contribution in [3.8, 4) is 11.3 Å². The first-order chi connectivity index (χ1) is 8.11. The van der Waals surface area contributed by atoms with Gasteiger partial charge >= 0.3 is 0 Å². The van der Waals surface area contributed by atoms with Gasteiger partial charge in [-0.3, -0.25) is 0 Å². The van der Waals surface area contributed by atoms with E-state index in [2.05, 4.69) is 51.8 Å². The van der Waals surface area contributed by atoms with Crippen LogP contribution in [0.2, 0.25) is 0 Å². The maximum absolute atomic E-state index is 4.53. The van der Waals surface area contributed by atoms with Gasteiger partial charge in [0, 0.05) is 36.8 Å². The molecule has 0 aliphatic rings. The molecule has 2 aromatic rings. The molecule has 1 N–H and O–H groups in total. The van der Waals surface area contributed by atoms with Gasteiger partial charge in [0.15, 0.2) is 0 Å². The predicted octanol–water partition coefficient (Wildman–Crippen LogP) is 2.88. The maximum Gasteiger partial charge on any atom is 0.116 e. The van der Waals surface area contributed by atoms with Crippen molar-refractivity contribution in [2.24, 2.45) is 0 Å². The van der Waals surface area contributed by atoms with Gasteiger partial charge in [-0.15, -0.1) is 0 Å². The number of aromatic nitrogens is 2. The molecule has 2 rings (SSSR count). The lowest BCUT2D eigenvalue weighted by atomic mass is 10.1. The van der Waals surface area contributed by atoms with Gasteiger partial charge in [0.05, 0.1) is 5.69 Å². The standard InChI is InChI=1S/C13H17N3S/c1-9-13(15-12(8-17)14-9)10-4-6-11(7-5-10)16(2)3/h4-7,17H,8H2,1-3H3,(H,14,15). The molecule has 90 valence electrons. The van der Waals surface area contributed by atoms with E-state index in [4.69, 9.17) is 0 Å². The number of nitrogens with one attached hydrogen (secondary N) is 1. The zero-order valence-corrected chi connectivity index (χ0v) is 11.3. The molecule has 0 saturated carbocycles. The summed E-state index contributed by atoms with van der Waals surface area (Å²) in [6, 6.07) is 8.40. The molecule has 1 heterocycles. The van der Waals surface area contributed by atoms with Crippen molar-refractivity contribution in [1.29, 1.82) is 0 Å². The number of anilines is 1. The van der Waals surface area contributed by atoms with E-state index < -0.39 is 0 Å². The van der Waals surface area contributed by atoms with Gasteiger partial charge in [-0.25, -0.2) is 4.98 Å². The van der Waals surface area contributed by atoms with Gasteiger partial charge in [0.1, 0.15) is 5.82 Å². The highest BCUT2D eigenvalue weighted by atomic mass is 32.1. The first kappa shape index (κ1) is 12.0. The topological polar surface area (TPSA) is 31.9 Å². The highest BCUT2D eigenvalue weighted by Crippen LogP contribution is 2.24. The van der Waals surface area contributed by atoms with Gasteiger partial charge in [0.25, 0.3) is 0 Å². The molecule has 0 aliphatic carbocycles. The lowest BCUT2D eigenvalue weighted by Crippen LogP contribution is -2.07. The molecule has 0 amide bonds. The summed E-state index contributed by atoms with van der Waals surface area (Å²) in [4.78, 5) is 9.84. The smallest absolute Gasteiger partial charge is 0.116 e. The summed E-state index contributed by atoms with van der Waals surface area (Å²) >= 11 is 4.23. The summed E-state index contributed by atoms with van der Waals surface area (Å²) in [5.41, 5.74) is 4.43. The monoisotopic (exact) mass is 247 g/mol. The van der Waals surface area contributed by atoms with E-state index in [-0.39, 0.29) is 0 Å². The molecule has 0 fully saturated rings. The van der Waals surface area contributed by atoms with Gasteiger partial charge in [0.2, 0.25) is 0 Å². The van der Waals surface area contributed by atoms with Crippen LogP contribution in [-0.4, -0.2) is 24.1 Å². The fraction of sp³-hybridized carbons (Fsp3) is 0.308. The second kappa shape index (κ2) is 4.84. The Balaban J connectivity index is 2.36. The minimum Gasteiger partial charge on any atom is -0.378 e. The van der Waals surface area contributed by atoms with Crippen LogP contribution in [0, 0.1) is 6.92 Å². The Kier molecular flexibility index (Phi) is 3.43. The third-order valence-corrected chi connectivity index (χ3v) is 3.04. The number of H-pyrrole nitrogens is 1. The number of imidazole rings is 1. The van der Waals surface area contributed by atoms with E-state index in [1.165, 1.54) is 5.69 Å². The summed E-state index contributed by atoms with van der Waals surface area (Å²) in [7, 11) is 4.07. The molecule has 0 spiro atoms. The number of aromatic amines is 1. The Bertz CT molecular complexity index is 500. The molecule has 17 heavy (non-hydrogen) atoms. The van der Waals surface area contributed by atoms with Crippen molar-refractivity contribution in [2.45, 2.75) is 12.7 Å². The van der Waals surface area contributed by atoms with E-state index in [0.717, 1.165) is 22.8 Å². The van der Waals surface area contributed by atoms with Gasteiger partial charge in [-0.05, 0) is 19.1 Å². The Hall–Kier alpha value is -1.42. The minimum absolute atomic E-state index is 0.636. The largest absolute Gasteiger partial charge is 0.378 e. The molecule has 3 nitrogen and oxygen atoms in total. The van der Waals surface area contributed by atoms with Crippen LogP contribution < -0.4 is 4.90 Å². The van der Waals surface area contributed by atoms with E-state index in [1.807, 2.05) is 21.0 Å². The highest BCUT2D eigenvalue weighted by molar-refractivity contribution is 7.79. The third kappa shape index (κ3) is 2.47. The normalized spacial score (nSPS) is 10.6. The van der Waals surface area contributed by atoms with E-state index in [9.17, 15) is 0 Å². The number of aryl methyl sites for hydroxylation is 1. The summed E-state index contributed by atoms with van der Waals surface area (Å²) in [5, 5.41) is 0. The minimum atomic E-state index is 0.636. The maximum atomic E-state index is 4.53. The lowest BCUT2D eigenvalue weighted by molar-refractivity contribution is 1.11. The summed E-state index contributed by atoms with van der Waals surface area (Å²) in [6.45, 7) is 2.04. The zero-order valence-electron chi connectivity index (χ0n) is 10.4. The molecule has 0 saturated heterocycles. The molecular formula is C13H17N3S. The van der Waals surface area contributed by atoms with Crippen molar-refractivity contribution in [2.75, 3.05) is 19.0 Å². The highest BCUT2D eigenvalue weighted by Gasteiger charge is 2.08. The van der Waals surface area contributed by atoms with Gasteiger partial charge in [-0.2, -0.15) is 12.6 Å². The van der Waals surface area contributed by atoms with E-state index in [1.54, 1.807) is 0 Å². The van der Waals surface area contributed by atoms with Crippen LogP contribution in [0.25, 0.3) is 11.3 Å². The summed E-state index contributed by atoms with van der Waals surface area (Å²) < 4.78 is 0. The molecule has 0 bridgehead atoms. The van der Waals surface area contributed by atoms with Crippen LogP contribution >= 0.6 is 12.6 Å². The summed E-state index contributed by atoms with van der Waals surface area (Å²) in [6.07, 6.45) is 0. The molecule has 1 aromatic heterocycles. The van der Waals surface area contributed by atoms with E-state index in [0.29, 0.717) is 5.75 Å². The average molecular weight is 247 g/mol. The molecule has 0 radical (unpaired) electrons. The number of benzene rings is 1. The van der Waals surface area contributed by atoms with Gasteiger partial charge < -0.3 is 9.88 Å². The van der Waals surface area contributed by atoms with Crippen LogP contribution in [0.3, 0.4) is 0 Å². The Morgan fingerprint density at radius 3 is 2.35 bits per heavy atom. The van der Waals surface area contributed by atoms with Crippen molar-refractivity contribution in [3.63, 3.8) is 0 Å². The second-order valence-corrected chi connectivity index (χ2v) is 4.57. The Morgan fingerprint density at radius 1 is 1.24 bits per heavy atom. The van der Waals surface area contributed by atoms with Crippen LogP contribution in [0.5, 0.6) is 0 Å². The first-order valence-electron chi connectivity index (χ1n) is 5.56. The number of thiol groups is 1. The second-order valence-electron chi connectivity index (χ2n) is 4.26. The van der Waals surface area contributed by atoms with Gasteiger partial charge in [-0.1, -0.05) is 12.1 Å². The Morgan fingerprint density at radius 2 is 1.88 bits per heavy atom. The molecule has 1 aromatic carbocycles. The van der Waals surface area contributed by atoms with Crippen molar-refractivity contribution >= 4 is 18.3 Å². The fourth-order valence-corrected chi connectivity index (χ4v) is 1.95. The molecule has 0 unspecified atom stereocenters. The Labute approximate surface area is 107 Å². The van der Waals surface area contributed by atoms with Crippen LogP contribution in [0.4, 0.5) is 5.69 Å². The van der Waals surface area contributed by atoms with E-state index >= 15 is 0 Å². The van der Waals surface area contributed by atoms with Crippen LogP contribution in [0.15, 0.2) is 24.3 Å². The number of nitrogens with zero attached hydrogens (tertiary/aromatic N) is 2. The molecule has 0 atom stereocenters. The summed E-state index contributed by atoms with van der Waals surface area (Å²) in [5.74, 6) is 1.55. The lowest BCUT2D eigenvalue weighted by Gasteiger charge is -2.12. The van der Waals surface area contributed by atoms with Crippen molar-refractivity contribution in [1.82, 2.24) is 9.97 Å². The van der Waals surface area contributed by atoms with Crippen molar-refractivity contribution < 1.29 is 0 Å². The van der Waals surface area contributed by atoms with Crippen molar-refractivity contribution in [3.05, 3.63) is 35.8 Å². The zero-order chi connectivity index (χ0) is 12.4. The third-order valence-electron chi connectivity index (χ3n) is 2.74. The molecule has 4 heteroatoms. The number of hydrogen-bond donors (Lipinski definition) is 2. The fourth-order valence-electron chi connectivity index (χ4n) is 1.80. The first-order valence-corrected chi connectivity index (χ1v) is 6.19. The van der Waals surface area contributed by atoms with Crippen LogP contribution in [0.1, 0.15) is 11.5 Å². The van der Waals surface area contributed by atoms with Crippen LogP contribution in [-0.2, 0) is 5.75 Å². The quantitative estimate of drug-likeness (QED) is 0.817. The number of hydrogen-bond acceptors (Lipinski definition) is 3. The average Bonchev–Trinajstić information content (AvgIpc) is 2.71.